The van der Waals surface area contributed by atoms with Crippen LogP contribution in [0.25, 0.3) is 0 Å². The van der Waals surface area contributed by atoms with Gasteiger partial charge in [-0.05, 0) is 20.3 Å². The van der Waals surface area contributed by atoms with Gasteiger partial charge >= 0.3 is 59.1 Å². The molecular weight excluding hydrogens is 368 g/mol. The van der Waals surface area contributed by atoms with Gasteiger partial charge in [-0.2, -0.15) is 0 Å². The molecule has 2 unspecified atom stereocenters. The SMILES string of the molecule is CCC1C(C(OC=O)C(=O)[O-])=C(C)NC(C)=C1C(OC=O)C(=O)[O-].[Na+].[Na+]. The third kappa shape index (κ3) is 6.11. The van der Waals surface area contributed by atoms with E-state index >= 15 is 0 Å². The Labute approximate surface area is 194 Å². The van der Waals surface area contributed by atoms with Crippen LogP contribution in [0.15, 0.2) is 22.5 Å². The molecule has 0 saturated carbocycles. The minimum absolute atomic E-state index is 0. The first-order valence-electron chi connectivity index (χ1n) is 7.08. The second-order valence-electron chi connectivity index (χ2n) is 5.11. The van der Waals surface area contributed by atoms with Gasteiger partial charge in [0.1, 0.15) is 0 Å². The molecule has 132 valence electrons. The fourth-order valence-electron chi connectivity index (χ4n) is 2.94. The number of carbonyl (C=O) groups is 4. The predicted molar refractivity (Wildman–Crippen MR) is 74.2 cm³/mol. The van der Waals surface area contributed by atoms with Crippen molar-refractivity contribution in [2.75, 3.05) is 0 Å². The first-order chi connectivity index (χ1) is 11.3. The number of ether oxygens (including phenoxy) is 2. The molecule has 0 aromatic rings. The number of dihydropyridines is 1. The van der Waals surface area contributed by atoms with Gasteiger partial charge < -0.3 is 34.6 Å². The quantitative estimate of drug-likeness (QED) is 0.302. The van der Waals surface area contributed by atoms with E-state index in [4.69, 9.17) is 0 Å². The van der Waals surface area contributed by atoms with Crippen molar-refractivity contribution in [1.82, 2.24) is 5.32 Å². The Hall–Kier alpha value is -0.840. The second-order valence-corrected chi connectivity index (χ2v) is 5.11. The van der Waals surface area contributed by atoms with Crippen LogP contribution in [0.3, 0.4) is 0 Å². The van der Waals surface area contributed by atoms with E-state index < -0.39 is 30.1 Å². The molecule has 9 nitrogen and oxygen atoms in total. The van der Waals surface area contributed by atoms with Crippen molar-refractivity contribution >= 4 is 24.9 Å². The summed E-state index contributed by atoms with van der Waals surface area (Å²) in [6.45, 7) is 4.72. The molecule has 0 spiro atoms. The molecule has 0 aromatic carbocycles. The number of hydrogen-bond acceptors (Lipinski definition) is 9. The normalized spacial score (nSPS) is 18.3. The van der Waals surface area contributed by atoms with Crippen LogP contribution in [0.2, 0.25) is 0 Å². The summed E-state index contributed by atoms with van der Waals surface area (Å²) in [5.41, 5.74) is 0.988. The molecule has 0 bridgehead atoms. The molecule has 1 rings (SSSR count). The summed E-state index contributed by atoms with van der Waals surface area (Å²) in [4.78, 5) is 43.9. The smallest absolute Gasteiger partial charge is 0.546 e. The monoisotopic (exact) mass is 385 g/mol. The van der Waals surface area contributed by atoms with Gasteiger partial charge in [0.15, 0.2) is 12.2 Å². The Morgan fingerprint density at radius 3 is 1.58 bits per heavy atom. The molecule has 11 heteroatoms. The van der Waals surface area contributed by atoms with E-state index in [2.05, 4.69) is 14.8 Å². The van der Waals surface area contributed by atoms with E-state index in [1.165, 1.54) is 0 Å². The van der Waals surface area contributed by atoms with Crippen molar-refractivity contribution in [1.29, 1.82) is 0 Å². The number of carboxylic acids is 2. The van der Waals surface area contributed by atoms with Crippen LogP contribution < -0.4 is 74.6 Å². The molecule has 0 aliphatic carbocycles. The molecule has 0 fully saturated rings. The maximum absolute atomic E-state index is 11.3. The third-order valence-corrected chi connectivity index (χ3v) is 3.78. The minimum Gasteiger partial charge on any atom is -0.546 e. The maximum atomic E-state index is 11.3. The first kappa shape index (κ1) is 27.4. The van der Waals surface area contributed by atoms with E-state index in [0.717, 1.165) is 0 Å². The Bertz CT molecular complexity index is 567. The summed E-state index contributed by atoms with van der Waals surface area (Å²) >= 11 is 0. The average Bonchev–Trinajstić information content (AvgIpc) is 2.50. The number of carboxylic acid groups (broad SMARTS) is 2. The third-order valence-electron chi connectivity index (χ3n) is 3.78. The summed E-state index contributed by atoms with van der Waals surface area (Å²) in [5, 5.41) is 25.5. The molecule has 2 atom stereocenters. The Balaban J connectivity index is 0. The molecule has 1 heterocycles. The fourth-order valence-corrected chi connectivity index (χ4v) is 2.94. The number of rotatable bonds is 9. The van der Waals surface area contributed by atoms with Crippen LogP contribution in [0, 0.1) is 5.92 Å². The molecular formula is C15H17NNa2O8. The van der Waals surface area contributed by atoms with Crippen LogP contribution in [0.4, 0.5) is 0 Å². The summed E-state index contributed by atoms with van der Waals surface area (Å²) < 4.78 is 9.19. The van der Waals surface area contributed by atoms with Gasteiger partial charge in [0.25, 0.3) is 12.9 Å². The molecule has 1 N–H and O–H groups in total. The minimum atomic E-state index is -1.71. The van der Waals surface area contributed by atoms with E-state index in [9.17, 15) is 29.4 Å². The zero-order valence-corrected chi connectivity index (χ0v) is 19.4. The Kier molecular flexibility index (Phi) is 13.2. The molecule has 0 radical (unpaired) electrons. The maximum Gasteiger partial charge on any atom is 1.00 e. The zero-order valence-electron chi connectivity index (χ0n) is 15.4. The largest absolute Gasteiger partial charge is 1.00 e. The predicted octanol–water partition coefficient (Wildman–Crippen LogP) is -8.25. The summed E-state index contributed by atoms with van der Waals surface area (Å²) in [5.74, 6) is -4.08. The fraction of sp³-hybridized carbons (Fsp3) is 0.467. The van der Waals surface area contributed by atoms with E-state index in [1.54, 1.807) is 20.8 Å². The van der Waals surface area contributed by atoms with Gasteiger partial charge in [0.2, 0.25) is 0 Å². The molecule has 1 aliphatic rings. The molecule has 0 amide bonds. The number of hydrogen-bond donors (Lipinski definition) is 1. The topological polar surface area (TPSA) is 145 Å². The van der Waals surface area contributed by atoms with E-state index in [0.29, 0.717) is 11.4 Å². The van der Waals surface area contributed by atoms with Gasteiger partial charge in [-0.15, -0.1) is 0 Å². The molecule has 1 aliphatic heterocycles. The van der Waals surface area contributed by atoms with Crippen LogP contribution >= 0.6 is 0 Å². The van der Waals surface area contributed by atoms with E-state index in [1.807, 2.05) is 0 Å². The summed E-state index contributed by atoms with van der Waals surface area (Å²) in [6, 6.07) is 0. The second kappa shape index (κ2) is 12.5. The average molecular weight is 385 g/mol. The van der Waals surface area contributed by atoms with Gasteiger partial charge in [-0.3, -0.25) is 9.59 Å². The number of allylic oxidation sites excluding steroid dienone is 2. The van der Waals surface area contributed by atoms with Crippen molar-refractivity contribution in [2.24, 2.45) is 5.92 Å². The summed E-state index contributed by atoms with van der Waals surface area (Å²) in [7, 11) is 0. The van der Waals surface area contributed by atoms with Crippen LogP contribution in [0.1, 0.15) is 27.2 Å². The van der Waals surface area contributed by atoms with Crippen molar-refractivity contribution < 1.29 is 98.0 Å². The van der Waals surface area contributed by atoms with Crippen molar-refractivity contribution in [3.8, 4) is 0 Å². The molecule has 26 heavy (non-hydrogen) atoms. The Morgan fingerprint density at radius 1 is 1.00 bits per heavy atom. The van der Waals surface area contributed by atoms with Crippen molar-refractivity contribution in [2.45, 2.75) is 39.4 Å². The standard InChI is InChI=1S/C15H19NO8.2Na/c1-4-9-10(12(14(19)20)23-5-17)7(2)16-8(3)11(9)13(15(21)22)24-6-18;;/h5-6,9,12-13,16H,4H2,1-3H3,(H,19,20)(H,21,22);;/q;2*+1/p-2. The van der Waals surface area contributed by atoms with Gasteiger partial charge in [0.05, 0.1) is 11.9 Å². The van der Waals surface area contributed by atoms with Crippen molar-refractivity contribution in [3.05, 3.63) is 22.5 Å². The van der Waals surface area contributed by atoms with Crippen LogP contribution in [-0.4, -0.2) is 37.1 Å². The zero-order chi connectivity index (χ0) is 18.4. The van der Waals surface area contributed by atoms with Gasteiger partial charge in [0, 0.05) is 28.5 Å². The molecule has 0 aromatic heterocycles. The first-order valence-corrected chi connectivity index (χ1v) is 7.08. The van der Waals surface area contributed by atoms with Crippen LogP contribution in [0.5, 0.6) is 0 Å². The molecule has 0 saturated heterocycles. The Morgan fingerprint density at radius 2 is 1.35 bits per heavy atom. The van der Waals surface area contributed by atoms with Gasteiger partial charge in [-0.1, -0.05) is 6.92 Å². The van der Waals surface area contributed by atoms with Gasteiger partial charge in [-0.25, -0.2) is 0 Å². The number of carbonyl (C=O) groups excluding carboxylic acids is 4. The van der Waals surface area contributed by atoms with E-state index in [-0.39, 0.29) is 89.6 Å². The number of aliphatic carboxylic acids is 2. The van der Waals surface area contributed by atoms with Crippen molar-refractivity contribution in [3.63, 3.8) is 0 Å². The summed E-state index contributed by atoms with van der Waals surface area (Å²) in [6.07, 6.45) is -3.15. The number of nitrogens with one attached hydrogen (secondary N) is 1. The van der Waals surface area contributed by atoms with Crippen LogP contribution in [-0.2, 0) is 28.7 Å².